The van der Waals surface area contributed by atoms with Crippen LogP contribution in [0.15, 0.2) is 22.7 Å². The third kappa shape index (κ3) is 3.84. The van der Waals surface area contributed by atoms with Gasteiger partial charge in [-0.05, 0) is 55.5 Å². The summed E-state index contributed by atoms with van der Waals surface area (Å²) < 4.78 is 1.17. The van der Waals surface area contributed by atoms with Gasteiger partial charge in [-0.25, -0.2) is 0 Å². The van der Waals surface area contributed by atoms with Gasteiger partial charge < -0.3 is 10.6 Å². The zero-order valence-corrected chi connectivity index (χ0v) is 14.7. The van der Waals surface area contributed by atoms with E-state index in [2.05, 4.69) is 72.6 Å². The smallest absolute Gasteiger partial charge is 0.0178 e. The van der Waals surface area contributed by atoms with Crippen LogP contribution in [-0.2, 0) is 5.41 Å². The summed E-state index contributed by atoms with van der Waals surface area (Å²) in [5.74, 6) is 0. The van der Waals surface area contributed by atoms with E-state index in [1.807, 2.05) is 0 Å². The van der Waals surface area contributed by atoms with Crippen molar-refractivity contribution in [1.82, 2.24) is 10.6 Å². The number of benzene rings is 1. The van der Waals surface area contributed by atoms with Gasteiger partial charge in [0.15, 0.2) is 0 Å². The van der Waals surface area contributed by atoms with Crippen LogP contribution in [0.3, 0.4) is 0 Å². The van der Waals surface area contributed by atoms with E-state index in [-0.39, 0.29) is 5.41 Å². The third-order valence-electron chi connectivity index (χ3n) is 4.50. The predicted molar refractivity (Wildman–Crippen MR) is 90.4 cm³/mol. The SMILES string of the molecule is CNCC1(CNCC(C)(C)c2cc(Br)ccc2C)CC1. The number of aryl methyl sites for hydroxylation is 1. The Labute approximate surface area is 131 Å². The summed E-state index contributed by atoms with van der Waals surface area (Å²) in [4.78, 5) is 0. The van der Waals surface area contributed by atoms with Crippen LogP contribution in [0.4, 0.5) is 0 Å². The second-order valence-electron chi connectivity index (χ2n) is 6.98. The molecule has 2 nitrogen and oxygen atoms in total. The number of halogens is 1. The van der Waals surface area contributed by atoms with Gasteiger partial charge in [-0.3, -0.25) is 0 Å². The van der Waals surface area contributed by atoms with E-state index in [0.717, 1.165) is 19.6 Å². The van der Waals surface area contributed by atoms with Crippen molar-refractivity contribution in [2.45, 2.75) is 39.0 Å². The summed E-state index contributed by atoms with van der Waals surface area (Å²) in [6.07, 6.45) is 2.72. The van der Waals surface area contributed by atoms with Gasteiger partial charge in [0.2, 0.25) is 0 Å². The van der Waals surface area contributed by atoms with E-state index in [0.29, 0.717) is 5.41 Å². The highest BCUT2D eigenvalue weighted by Crippen LogP contribution is 2.44. The Morgan fingerprint density at radius 3 is 2.55 bits per heavy atom. The van der Waals surface area contributed by atoms with Crippen LogP contribution in [0, 0.1) is 12.3 Å². The minimum Gasteiger partial charge on any atom is -0.319 e. The maximum absolute atomic E-state index is 3.70. The second-order valence-corrected chi connectivity index (χ2v) is 7.89. The molecule has 1 aromatic carbocycles. The van der Waals surface area contributed by atoms with Crippen LogP contribution in [0.1, 0.15) is 37.8 Å². The van der Waals surface area contributed by atoms with Crippen LogP contribution < -0.4 is 10.6 Å². The Kier molecular flexibility index (Phi) is 4.93. The molecule has 1 aliphatic rings. The van der Waals surface area contributed by atoms with Gasteiger partial charge in [-0.1, -0.05) is 35.8 Å². The van der Waals surface area contributed by atoms with Crippen LogP contribution in [-0.4, -0.2) is 26.7 Å². The first-order valence-corrected chi connectivity index (χ1v) is 8.30. The molecule has 1 aromatic rings. The Morgan fingerprint density at radius 2 is 1.95 bits per heavy atom. The van der Waals surface area contributed by atoms with Gasteiger partial charge in [0.1, 0.15) is 0 Å². The van der Waals surface area contributed by atoms with Gasteiger partial charge in [0, 0.05) is 29.5 Å². The molecule has 0 heterocycles. The highest BCUT2D eigenvalue weighted by molar-refractivity contribution is 9.10. The van der Waals surface area contributed by atoms with Crippen molar-refractivity contribution in [3.8, 4) is 0 Å². The molecular weight excluding hydrogens is 312 g/mol. The first-order chi connectivity index (χ1) is 9.38. The zero-order chi connectivity index (χ0) is 14.8. The minimum absolute atomic E-state index is 0.156. The lowest BCUT2D eigenvalue weighted by Gasteiger charge is -2.29. The van der Waals surface area contributed by atoms with Gasteiger partial charge in [-0.15, -0.1) is 0 Å². The monoisotopic (exact) mass is 338 g/mol. The predicted octanol–water partition coefficient (Wildman–Crippen LogP) is 3.62. The van der Waals surface area contributed by atoms with Crippen LogP contribution in [0.25, 0.3) is 0 Å². The molecular formula is C17H27BrN2. The van der Waals surface area contributed by atoms with E-state index in [4.69, 9.17) is 0 Å². The Bertz CT molecular complexity index is 464. The largest absolute Gasteiger partial charge is 0.319 e. The highest BCUT2D eigenvalue weighted by Gasteiger charge is 2.41. The molecule has 112 valence electrons. The number of hydrogen-bond acceptors (Lipinski definition) is 2. The van der Waals surface area contributed by atoms with Crippen LogP contribution in [0.2, 0.25) is 0 Å². The Hall–Kier alpha value is -0.380. The molecule has 1 aliphatic carbocycles. The first-order valence-electron chi connectivity index (χ1n) is 7.51. The summed E-state index contributed by atoms with van der Waals surface area (Å²) in [5.41, 5.74) is 3.48. The lowest BCUT2D eigenvalue weighted by atomic mass is 9.82. The molecule has 0 bridgehead atoms. The molecule has 1 saturated carbocycles. The standard InChI is InChI=1S/C17H27BrN2/c1-13-5-6-14(18)9-15(13)16(2,3)10-20-12-17(7-8-17)11-19-4/h5-6,9,19-20H,7-8,10-12H2,1-4H3. The van der Waals surface area contributed by atoms with Gasteiger partial charge >= 0.3 is 0 Å². The van der Waals surface area contributed by atoms with Gasteiger partial charge in [0.25, 0.3) is 0 Å². The number of nitrogens with one attached hydrogen (secondary N) is 2. The average Bonchev–Trinajstić information content (AvgIpc) is 3.12. The molecule has 0 radical (unpaired) electrons. The van der Waals surface area contributed by atoms with Crippen molar-refractivity contribution in [1.29, 1.82) is 0 Å². The molecule has 0 saturated heterocycles. The molecule has 0 aromatic heterocycles. The molecule has 0 spiro atoms. The van der Waals surface area contributed by atoms with Crippen molar-refractivity contribution in [3.63, 3.8) is 0 Å². The van der Waals surface area contributed by atoms with E-state index < -0.39 is 0 Å². The normalized spacial score (nSPS) is 17.2. The second kappa shape index (κ2) is 6.17. The van der Waals surface area contributed by atoms with E-state index >= 15 is 0 Å². The number of rotatable bonds is 7. The fourth-order valence-electron chi connectivity index (χ4n) is 3.03. The molecule has 0 atom stereocenters. The molecule has 0 amide bonds. The maximum atomic E-state index is 3.70. The van der Waals surface area contributed by atoms with Crippen molar-refractivity contribution in [2.24, 2.45) is 5.41 Å². The zero-order valence-electron chi connectivity index (χ0n) is 13.1. The van der Waals surface area contributed by atoms with Crippen LogP contribution >= 0.6 is 15.9 Å². The maximum Gasteiger partial charge on any atom is 0.0178 e. The lowest BCUT2D eigenvalue weighted by Crippen LogP contribution is -2.38. The molecule has 0 aliphatic heterocycles. The Balaban J connectivity index is 1.95. The fourth-order valence-corrected chi connectivity index (χ4v) is 3.39. The minimum atomic E-state index is 0.156. The van der Waals surface area contributed by atoms with Gasteiger partial charge in [-0.2, -0.15) is 0 Å². The summed E-state index contributed by atoms with van der Waals surface area (Å²) in [6, 6.07) is 6.58. The van der Waals surface area contributed by atoms with Crippen molar-refractivity contribution in [2.75, 3.05) is 26.7 Å². The molecule has 2 rings (SSSR count). The van der Waals surface area contributed by atoms with Crippen molar-refractivity contribution >= 4 is 15.9 Å². The summed E-state index contributed by atoms with van der Waals surface area (Å²) >= 11 is 3.59. The quantitative estimate of drug-likeness (QED) is 0.793. The lowest BCUT2D eigenvalue weighted by molar-refractivity contribution is 0.395. The molecule has 3 heteroatoms. The molecule has 0 unspecified atom stereocenters. The number of hydrogen-bond donors (Lipinski definition) is 2. The topological polar surface area (TPSA) is 24.1 Å². The fraction of sp³-hybridized carbons (Fsp3) is 0.647. The molecule has 20 heavy (non-hydrogen) atoms. The summed E-state index contributed by atoms with van der Waals surface area (Å²) in [7, 11) is 2.05. The van der Waals surface area contributed by atoms with Crippen LogP contribution in [0.5, 0.6) is 0 Å². The average molecular weight is 339 g/mol. The van der Waals surface area contributed by atoms with Gasteiger partial charge in [0.05, 0.1) is 0 Å². The highest BCUT2D eigenvalue weighted by atomic mass is 79.9. The molecule has 2 N–H and O–H groups in total. The molecule has 1 fully saturated rings. The summed E-state index contributed by atoms with van der Waals surface area (Å²) in [6.45, 7) is 10.1. The third-order valence-corrected chi connectivity index (χ3v) is 5.00. The van der Waals surface area contributed by atoms with Crippen molar-refractivity contribution < 1.29 is 0 Å². The van der Waals surface area contributed by atoms with E-state index in [9.17, 15) is 0 Å². The van der Waals surface area contributed by atoms with E-state index in [1.165, 1.54) is 28.4 Å². The Morgan fingerprint density at radius 1 is 1.25 bits per heavy atom. The van der Waals surface area contributed by atoms with E-state index in [1.54, 1.807) is 0 Å². The first kappa shape index (κ1) is 16.0. The van der Waals surface area contributed by atoms with Crippen molar-refractivity contribution in [3.05, 3.63) is 33.8 Å². The summed E-state index contributed by atoms with van der Waals surface area (Å²) in [5, 5.41) is 7.02.